The molecule has 0 bridgehead atoms. The summed E-state index contributed by atoms with van der Waals surface area (Å²) in [6.07, 6.45) is -3.40. The highest BCUT2D eigenvalue weighted by Gasteiger charge is 2.34. The van der Waals surface area contributed by atoms with Gasteiger partial charge < -0.3 is 9.84 Å². The summed E-state index contributed by atoms with van der Waals surface area (Å²) in [5.74, 6) is 0.827. The van der Waals surface area contributed by atoms with E-state index >= 15 is 0 Å². The largest absolute Gasteiger partial charge is 0.418 e. The molecule has 13 heteroatoms. The Balaban J connectivity index is 1.24. The quantitative estimate of drug-likeness (QED) is 0.338. The average molecular weight is 575 g/mol. The highest BCUT2D eigenvalue weighted by atomic mass is 32.2. The van der Waals surface area contributed by atoms with Gasteiger partial charge in [0.25, 0.3) is 0 Å². The van der Waals surface area contributed by atoms with Crippen molar-refractivity contribution >= 4 is 26.7 Å². The number of benzene rings is 2. The van der Waals surface area contributed by atoms with Gasteiger partial charge in [-0.2, -0.15) is 17.5 Å². The second-order valence-corrected chi connectivity index (χ2v) is 11.9. The van der Waals surface area contributed by atoms with Crippen molar-refractivity contribution in [3.8, 4) is 11.3 Å². The summed E-state index contributed by atoms with van der Waals surface area (Å²) in [7, 11) is -3.74. The summed E-state index contributed by atoms with van der Waals surface area (Å²) in [6, 6.07) is 10.7. The van der Waals surface area contributed by atoms with E-state index in [4.69, 9.17) is 4.52 Å². The number of sulfonamides is 1. The van der Waals surface area contributed by atoms with Crippen molar-refractivity contribution in [3.05, 3.63) is 65.6 Å². The number of anilines is 1. The van der Waals surface area contributed by atoms with Crippen LogP contribution in [-0.4, -0.2) is 71.5 Å². The number of hydrogen-bond acceptors (Lipinski definition) is 8. The number of para-hydroxylation sites is 1. The van der Waals surface area contributed by atoms with Crippen LogP contribution >= 0.6 is 0 Å². The summed E-state index contributed by atoms with van der Waals surface area (Å²) in [5, 5.41) is 7.38. The van der Waals surface area contributed by atoms with Crippen molar-refractivity contribution in [1.29, 1.82) is 0 Å². The average Bonchev–Trinajstić information content (AvgIpc) is 3.34. The molecule has 1 atom stereocenters. The number of aryl methyl sites for hydroxylation is 2. The van der Waals surface area contributed by atoms with Gasteiger partial charge in [0, 0.05) is 55.8 Å². The van der Waals surface area contributed by atoms with Crippen molar-refractivity contribution in [3.63, 3.8) is 0 Å². The van der Waals surface area contributed by atoms with Gasteiger partial charge in [-0.05, 0) is 44.5 Å². The van der Waals surface area contributed by atoms with Gasteiger partial charge in [0.1, 0.15) is 12.1 Å². The molecule has 9 nitrogen and oxygen atoms in total. The summed E-state index contributed by atoms with van der Waals surface area (Å²) in [6.45, 7) is 7.66. The van der Waals surface area contributed by atoms with Crippen LogP contribution in [0.2, 0.25) is 0 Å². The topological polar surface area (TPSA) is 104 Å². The van der Waals surface area contributed by atoms with Crippen molar-refractivity contribution < 1.29 is 26.1 Å². The third kappa shape index (κ3) is 5.67. The molecule has 2 aromatic carbocycles. The van der Waals surface area contributed by atoms with Gasteiger partial charge in [-0.1, -0.05) is 23.4 Å². The lowest BCUT2D eigenvalue weighted by atomic mass is 10.1. The highest BCUT2D eigenvalue weighted by molar-refractivity contribution is 7.89. The van der Waals surface area contributed by atoms with Crippen LogP contribution in [0.15, 0.2) is 58.2 Å². The van der Waals surface area contributed by atoms with Gasteiger partial charge in [-0.15, -0.1) is 0 Å². The van der Waals surface area contributed by atoms with E-state index in [0.29, 0.717) is 61.1 Å². The van der Waals surface area contributed by atoms with Crippen LogP contribution in [0.3, 0.4) is 0 Å². The smallest absolute Gasteiger partial charge is 0.366 e. The molecule has 0 spiro atoms. The maximum absolute atomic E-state index is 13.5. The standard InChI is InChI=1S/C27H29F3N6O3S/c1-17-7-8-20(23-13-18(2)34-39-23)14-24(17)40(37,38)36-11-9-35(10-12-36)15-19(3)33-26-21-5-4-6-22(27(28,29)30)25(21)31-16-32-26/h4-8,13-14,16,19H,9-12,15H2,1-3H3,(H,31,32,33)/t19-/m0/s1. The van der Waals surface area contributed by atoms with E-state index in [-0.39, 0.29) is 21.8 Å². The highest BCUT2D eigenvalue weighted by Crippen LogP contribution is 2.35. The lowest BCUT2D eigenvalue weighted by molar-refractivity contribution is -0.136. The fraction of sp³-hybridized carbons (Fsp3) is 0.370. The molecular weight excluding hydrogens is 545 g/mol. The first-order valence-corrected chi connectivity index (χ1v) is 14.2. The molecular formula is C27H29F3N6O3S. The molecule has 1 aliphatic rings. The maximum Gasteiger partial charge on any atom is 0.418 e. The predicted molar refractivity (Wildman–Crippen MR) is 144 cm³/mol. The van der Waals surface area contributed by atoms with Crippen LogP contribution in [-0.2, 0) is 16.2 Å². The molecule has 1 N–H and O–H groups in total. The Bertz CT molecular complexity index is 1630. The summed E-state index contributed by atoms with van der Waals surface area (Å²) in [4.78, 5) is 10.4. The number of alkyl halides is 3. The first-order valence-electron chi connectivity index (χ1n) is 12.8. The van der Waals surface area contributed by atoms with Crippen molar-refractivity contribution in [2.24, 2.45) is 0 Å². The molecule has 1 fully saturated rings. The van der Waals surface area contributed by atoms with Crippen LogP contribution in [0.4, 0.5) is 19.0 Å². The minimum Gasteiger partial charge on any atom is -0.366 e. The van der Waals surface area contributed by atoms with Crippen LogP contribution < -0.4 is 5.32 Å². The van der Waals surface area contributed by atoms with E-state index in [0.717, 1.165) is 12.4 Å². The molecule has 0 aliphatic carbocycles. The SMILES string of the molecule is Cc1cc(-c2ccc(C)c(S(=O)(=O)N3CCN(C[C@H](C)Nc4ncnc5c(C(F)(F)F)cccc45)CC3)c2)on1. The van der Waals surface area contributed by atoms with E-state index in [9.17, 15) is 21.6 Å². The van der Waals surface area contributed by atoms with E-state index in [1.807, 2.05) is 13.0 Å². The number of rotatable bonds is 7. The number of nitrogens with zero attached hydrogens (tertiary/aromatic N) is 5. The molecule has 0 unspecified atom stereocenters. The Hall–Kier alpha value is -3.55. The third-order valence-electron chi connectivity index (χ3n) is 6.94. The molecule has 3 heterocycles. The second-order valence-electron chi connectivity index (χ2n) is 9.98. The fourth-order valence-electron chi connectivity index (χ4n) is 4.92. The fourth-order valence-corrected chi connectivity index (χ4v) is 6.59. The van der Waals surface area contributed by atoms with Crippen LogP contribution in [0, 0.1) is 13.8 Å². The van der Waals surface area contributed by atoms with E-state index < -0.39 is 21.8 Å². The first-order chi connectivity index (χ1) is 18.9. The first kappa shape index (κ1) is 28.0. The Kier molecular flexibility index (Phi) is 7.55. The van der Waals surface area contributed by atoms with Crippen molar-refractivity contribution in [2.75, 3.05) is 38.0 Å². The normalized spacial score (nSPS) is 16.4. The van der Waals surface area contributed by atoms with Gasteiger partial charge in [-0.3, -0.25) is 4.90 Å². The molecule has 212 valence electrons. The Morgan fingerprint density at radius 1 is 1.05 bits per heavy atom. The van der Waals surface area contributed by atoms with Gasteiger partial charge in [0.15, 0.2) is 5.76 Å². The minimum absolute atomic E-state index is 0.156. The van der Waals surface area contributed by atoms with Gasteiger partial charge >= 0.3 is 6.18 Å². The maximum atomic E-state index is 13.5. The zero-order valence-electron chi connectivity index (χ0n) is 22.2. The van der Waals surface area contributed by atoms with E-state index in [1.165, 1.54) is 10.4 Å². The van der Waals surface area contributed by atoms with Crippen molar-refractivity contribution in [2.45, 2.75) is 37.9 Å². The molecule has 1 saturated heterocycles. The second kappa shape index (κ2) is 10.8. The van der Waals surface area contributed by atoms with E-state index in [2.05, 4.69) is 25.3 Å². The summed E-state index contributed by atoms with van der Waals surface area (Å²) < 4.78 is 74.2. The molecule has 2 aromatic heterocycles. The van der Waals surface area contributed by atoms with Gasteiger partial charge in [0.2, 0.25) is 10.0 Å². The van der Waals surface area contributed by atoms with Crippen LogP contribution in [0.25, 0.3) is 22.2 Å². The Morgan fingerprint density at radius 3 is 2.48 bits per heavy atom. The zero-order valence-corrected chi connectivity index (χ0v) is 23.1. The van der Waals surface area contributed by atoms with Crippen LogP contribution in [0.5, 0.6) is 0 Å². The van der Waals surface area contributed by atoms with Crippen LogP contribution in [0.1, 0.15) is 23.7 Å². The number of halogens is 3. The molecule has 0 radical (unpaired) electrons. The molecule has 4 aromatic rings. The number of nitrogens with one attached hydrogen (secondary N) is 1. The lowest BCUT2D eigenvalue weighted by Crippen LogP contribution is -2.50. The number of aromatic nitrogens is 3. The van der Waals surface area contributed by atoms with E-state index in [1.54, 1.807) is 38.1 Å². The van der Waals surface area contributed by atoms with Gasteiger partial charge in [-0.25, -0.2) is 18.4 Å². The summed E-state index contributed by atoms with van der Waals surface area (Å²) >= 11 is 0. The molecule has 1 aliphatic heterocycles. The number of fused-ring (bicyclic) bond motifs is 1. The molecule has 5 rings (SSSR count). The third-order valence-corrected chi connectivity index (χ3v) is 8.98. The molecule has 0 saturated carbocycles. The monoisotopic (exact) mass is 574 g/mol. The zero-order chi connectivity index (χ0) is 28.7. The predicted octanol–water partition coefficient (Wildman–Crippen LogP) is 4.73. The molecule has 0 amide bonds. The summed E-state index contributed by atoms with van der Waals surface area (Å²) in [5.41, 5.74) is 1.03. The molecule has 40 heavy (non-hydrogen) atoms. The Labute approximate surface area is 230 Å². The number of piperazine rings is 1. The lowest BCUT2D eigenvalue weighted by Gasteiger charge is -2.35. The van der Waals surface area contributed by atoms with Crippen molar-refractivity contribution in [1.82, 2.24) is 24.3 Å². The number of hydrogen-bond donors (Lipinski definition) is 1. The minimum atomic E-state index is -4.52. The van der Waals surface area contributed by atoms with Gasteiger partial charge in [0.05, 0.1) is 21.7 Å². The Morgan fingerprint density at radius 2 is 1.80 bits per heavy atom.